The minimum atomic E-state index is 0. The van der Waals surface area contributed by atoms with Crippen LogP contribution in [-0.4, -0.2) is 6.16 Å². The van der Waals surface area contributed by atoms with Gasteiger partial charge in [-0.2, -0.15) is 0 Å². The van der Waals surface area contributed by atoms with E-state index in [9.17, 15) is 0 Å². The molecule has 0 nitrogen and oxygen atoms in total. The van der Waals surface area contributed by atoms with Crippen molar-refractivity contribution in [2.45, 2.75) is 32.6 Å². The van der Waals surface area contributed by atoms with Crippen LogP contribution in [0.2, 0.25) is 0 Å². The number of halogens is 2. The smallest absolute Gasteiger partial charge is 0.0271 e. The summed E-state index contributed by atoms with van der Waals surface area (Å²) in [5, 5.41) is 1.51. The summed E-state index contributed by atoms with van der Waals surface area (Å²) >= 11 is 0. The highest BCUT2D eigenvalue weighted by Gasteiger charge is 1.91. The number of hydrogen-bond donors (Lipinski definition) is 0. The van der Waals surface area contributed by atoms with Crippen LogP contribution >= 0.6 is 33.4 Å². The van der Waals surface area contributed by atoms with E-state index in [0.717, 1.165) is 8.58 Å². The lowest BCUT2D eigenvalue weighted by Crippen LogP contribution is -1.93. The summed E-state index contributed by atoms with van der Waals surface area (Å²) in [6, 6.07) is 10.8. The molecule has 0 aliphatic rings. The summed E-state index contributed by atoms with van der Waals surface area (Å²) in [6.45, 7) is 2.26. The van der Waals surface area contributed by atoms with Crippen LogP contribution in [0.1, 0.15) is 32.6 Å². The van der Waals surface area contributed by atoms with E-state index in [0.29, 0.717) is 0 Å². The Morgan fingerprint density at radius 2 is 1.60 bits per heavy atom. The molecule has 88 valence electrons. The van der Waals surface area contributed by atoms with Crippen LogP contribution in [0.4, 0.5) is 0 Å². The maximum Gasteiger partial charge on any atom is -0.0271 e. The Hall–Kier alpha value is 0.230. The zero-order valence-electron chi connectivity index (χ0n) is 9.24. The van der Waals surface area contributed by atoms with Crippen LogP contribution in [0.5, 0.6) is 0 Å². The SMILES string of the molecule is CCCCCCPc1ccccc1.Cl.Cl. The molecule has 0 saturated carbocycles. The number of benzene rings is 1. The standard InChI is InChI=1S/C12H19P.2ClH/c1-2-3-4-8-11-13-12-9-6-5-7-10-12;;/h5-7,9-10,13H,2-4,8,11H2,1H3;2*1H. The molecule has 0 saturated heterocycles. The molecule has 0 heterocycles. The van der Waals surface area contributed by atoms with Crippen molar-refractivity contribution in [1.29, 1.82) is 0 Å². The van der Waals surface area contributed by atoms with Crippen LogP contribution in [0.3, 0.4) is 0 Å². The minimum Gasteiger partial charge on any atom is -0.147 e. The highest BCUT2D eigenvalue weighted by Crippen LogP contribution is 2.13. The van der Waals surface area contributed by atoms with Crippen molar-refractivity contribution in [1.82, 2.24) is 0 Å². The lowest BCUT2D eigenvalue weighted by molar-refractivity contribution is 0.706. The van der Waals surface area contributed by atoms with Crippen molar-refractivity contribution in [3.8, 4) is 0 Å². The molecule has 1 rings (SSSR count). The predicted octanol–water partition coefficient (Wildman–Crippen LogP) is 4.41. The lowest BCUT2D eigenvalue weighted by atomic mass is 10.2. The molecule has 1 aromatic rings. The molecule has 3 heteroatoms. The largest absolute Gasteiger partial charge is 0.147 e. The lowest BCUT2D eigenvalue weighted by Gasteiger charge is -2.00. The Kier molecular flexibility index (Phi) is 14.4. The monoisotopic (exact) mass is 266 g/mol. The van der Waals surface area contributed by atoms with Gasteiger partial charge in [0.05, 0.1) is 0 Å². The third kappa shape index (κ3) is 9.18. The molecule has 0 fully saturated rings. The van der Waals surface area contributed by atoms with Crippen LogP contribution in [0, 0.1) is 0 Å². The van der Waals surface area contributed by atoms with Gasteiger partial charge in [0.15, 0.2) is 0 Å². The Bertz CT molecular complexity index is 214. The van der Waals surface area contributed by atoms with Crippen LogP contribution < -0.4 is 5.30 Å². The van der Waals surface area contributed by atoms with Gasteiger partial charge < -0.3 is 0 Å². The molecule has 1 unspecified atom stereocenters. The molecule has 1 atom stereocenters. The molecular weight excluding hydrogens is 246 g/mol. The van der Waals surface area contributed by atoms with Gasteiger partial charge in [0, 0.05) is 0 Å². The van der Waals surface area contributed by atoms with Crippen molar-refractivity contribution >= 4 is 38.7 Å². The number of hydrogen-bond acceptors (Lipinski definition) is 0. The summed E-state index contributed by atoms with van der Waals surface area (Å²) in [5.41, 5.74) is 0. The van der Waals surface area contributed by atoms with Gasteiger partial charge in [-0.05, 0) is 17.9 Å². The first-order valence-corrected chi connectivity index (χ1v) is 6.43. The maximum absolute atomic E-state index is 2.26. The molecule has 1 aromatic carbocycles. The molecule has 0 aromatic heterocycles. The molecule has 0 aliphatic carbocycles. The summed E-state index contributed by atoms with van der Waals surface area (Å²) in [5.74, 6) is 0. The second-order valence-electron chi connectivity index (χ2n) is 3.35. The Morgan fingerprint density at radius 3 is 2.20 bits per heavy atom. The zero-order chi connectivity index (χ0) is 9.36. The normalized spacial score (nSPS) is 9.67. The van der Waals surface area contributed by atoms with Crippen LogP contribution in [-0.2, 0) is 0 Å². The van der Waals surface area contributed by atoms with Crippen molar-refractivity contribution in [2.75, 3.05) is 6.16 Å². The molecule has 0 spiro atoms. The van der Waals surface area contributed by atoms with E-state index in [1.54, 1.807) is 0 Å². The maximum atomic E-state index is 2.26. The average Bonchev–Trinajstić information content (AvgIpc) is 2.19. The fourth-order valence-corrected chi connectivity index (χ4v) is 2.48. The van der Waals surface area contributed by atoms with E-state index in [2.05, 4.69) is 37.3 Å². The van der Waals surface area contributed by atoms with Crippen LogP contribution in [0.15, 0.2) is 30.3 Å². The van der Waals surface area contributed by atoms with Crippen molar-refractivity contribution in [3.05, 3.63) is 30.3 Å². The van der Waals surface area contributed by atoms with Crippen molar-refractivity contribution < 1.29 is 0 Å². The Labute approximate surface area is 108 Å². The van der Waals surface area contributed by atoms with Gasteiger partial charge in [0.1, 0.15) is 0 Å². The molecule has 0 N–H and O–H groups in total. The first-order valence-electron chi connectivity index (χ1n) is 5.22. The van der Waals surface area contributed by atoms with Gasteiger partial charge in [-0.25, -0.2) is 0 Å². The van der Waals surface area contributed by atoms with E-state index in [1.807, 2.05) is 0 Å². The molecule has 0 bridgehead atoms. The van der Waals surface area contributed by atoms with E-state index in [-0.39, 0.29) is 24.8 Å². The molecule has 0 radical (unpaired) electrons. The second kappa shape index (κ2) is 12.3. The van der Waals surface area contributed by atoms with Crippen molar-refractivity contribution in [2.24, 2.45) is 0 Å². The summed E-state index contributed by atoms with van der Waals surface area (Å²) in [6.07, 6.45) is 6.94. The average molecular weight is 267 g/mol. The molecule has 0 aliphatic heterocycles. The first kappa shape index (κ1) is 17.6. The van der Waals surface area contributed by atoms with Gasteiger partial charge in [-0.15, -0.1) is 24.8 Å². The Balaban J connectivity index is 0. The minimum absolute atomic E-state index is 0. The van der Waals surface area contributed by atoms with Gasteiger partial charge in [-0.3, -0.25) is 0 Å². The van der Waals surface area contributed by atoms with E-state index >= 15 is 0 Å². The topological polar surface area (TPSA) is 0 Å². The highest BCUT2D eigenvalue weighted by atomic mass is 35.5. The quantitative estimate of drug-likeness (QED) is 0.529. The molecular formula is C12H21Cl2P. The zero-order valence-corrected chi connectivity index (χ0v) is 11.9. The van der Waals surface area contributed by atoms with Gasteiger partial charge in [-0.1, -0.05) is 65.1 Å². The third-order valence-corrected chi connectivity index (χ3v) is 3.48. The van der Waals surface area contributed by atoms with E-state index in [4.69, 9.17) is 0 Å². The Morgan fingerprint density at radius 1 is 0.933 bits per heavy atom. The summed E-state index contributed by atoms with van der Waals surface area (Å²) in [7, 11) is 1.02. The predicted molar refractivity (Wildman–Crippen MR) is 77.9 cm³/mol. The summed E-state index contributed by atoms with van der Waals surface area (Å²) < 4.78 is 0. The van der Waals surface area contributed by atoms with E-state index < -0.39 is 0 Å². The van der Waals surface area contributed by atoms with E-state index in [1.165, 1.54) is 37.1 Å². The molecule has 0 amide bonds. The highest BCUT2D eigenvalue weighted by molar-refractivity contribution is 7.47. The van der Waals surface area contributed by atoms with Crippen LogP contribution in [0.25, 0.3) is 0 Å². The molecule has 15 heavy (non-hydrogen) atoms. The fourth-order valence-electron chi connectivity index (χ4n) is 1.34. The van der Waals surface area contributed by atoms with Gasteiger partial charge in [0.2, 0.25) is 0 Å². The third-order valence-electron chi connectivity index (χ3n) is 2.13. The van der Waals surface area contributed by atoms with Gasteiger partial charge in [0.25, 0.3) is 0 Å². The number of unbranched alkanes of at least 4 members (excludes halogenated alkanes) is 3. The first-order chi connectivity index (χ1) is 6.43. The second-order valence-corrected chi connectivity index (χ2v) is 4.78. The number of rotatable bonds is 6. The van der Waals surface area contributed by atoms with Crippen molar-refractivity contribution in [3.63, 3.8) is 0 Å². The van der Waals surface area contributed by atoms with Gasteiger partial charge >= 0.3 is 0 Å². The fraction of sp³-hybridized carbons (Fsp3) is 0.500. The summed E-state index contributed by atoms with van der Waals surface area (Å²) in [4.78, 5) is 0.